The van der Waals surface area contributed by atoms with E-state index in [-0.39, 0.29) is 23.8 Å². The van der Waals surface area contributed by atoms with Crippen molar-refractivity contribution in [3.8, 4) is 0 Å². The second-order valence-corrected chi connectivity index (χ2v) is 6.27. The number of hydrogen-bond donors (Lipinski definition) is 0. The number of ether oxygens (including phenoxy) is 1. The zero-order valence-corrected chi connectivity index (χ0v) is 13.4. The number of carbonyl (C=O) groups excluding carboxylic acids is 2. The van der Waals surface area contributed by atoms with Crippen LogP contribution < -0.4 is 0 Å². The van der Waals surface area contributed by atoms with Crippen LogP contribution in [0.5, 0.6) is 0 Å². The Kier molecular flexibility index (Phi) is 4.11. The zero-order valence-electron chi connectivity index (χ0n) is 12.6. The monoisotopic (exact) mass is 318 g/mol. The number of fused-ring (bicyclic) bond motifs is 1. The number of aromatic nitrogens is 1. The van der Waals surface area contributed by atoms with Crippen molar-refractivity contribution < 1.29 is 14.3 Å². The number of benzene rings is 1. The Morgan fingerprint density at radius 2 is 2.18 bits per heavy atom. The number of aryl methyl sites for hydroxylation is 1. The molecule has 5 nitrogen and oxygen atoms in total. The van der Waals surface area contributed by atoms with Gasteiger partial charge in [-0.2, -0.15) is 0 Å². The van der Waals surface area contributed by atoms with Gasteiger partial charge in [-0.3, -0.25) is 9.59 Å². The molecule has 1 amide bonds. The van der Waals surface area contributed by atoms with Crippen LogP contribution in [0.15, 0.2) is 30.5 Å². The first-order valence-corrected chi connectivity index (χ1v) is 8.27. The Morgan fingerprint density at radius 3 is 2.95 bits per heavy atom. The molecule has 116 valence electrons. The SMILES string of the molecule is CCOC(=O)CN1C(=O)CSC1c1cn(C)c2ccccc12. The maximum Gasteiger partial charge on any atom is 0.325 e. The number of para-hydroxylation sites is 1. The van der Waals surface area contributed by atoms with E-state index in [1.165, 1.54) is 0 Å². The van der Waals surface area contributed by atoms with E-state index in [1.807, 2.05) is 25.4 Å². The molecule has 2 heterocycles. The molecule has 3 rings (SSSR count). The topological polar surface area (TPSA) is 51.5 Å². The molecule has 0 bridgehead atoms. The van der Waals surface area contributed by atoms with Gasteiger partial charge in [0.1, 0.15) is 11.9 Å². The molecule has 1 aromatic carbocycles. The third kappa shape index (κ3) is 2.59. The van der Waals surface area contributed by atoms with Gasteiger partial charge in [0.25, 0.3) is 0 Å². The van der Waals surface area contributed by atoms with Crippen molar-refractivity contribution >= 4 is 34.5 Å². The van der Waals surface area contributed by atoms with E-state index < -0.39 is 0 Å². The fourth-order valence-electron chi connectivity index (χ4n) is 2.80. The van der Waals surface area contributed by atoms with Gasteiger partial charge in [0.2, 0.25) is 5.91 Å². The van der Waals surface area contributed by atoms with Crippen LogP contribution in [0.4, 0.5) is 0 Å². The van der Waals surface area contributed by atoms with Gasteiger partial charge in [-0.25, -0.2) is 0 Å². The maximum atomic E-state index is 12.1. The summed E-state index contributed by atoms with van der Waals surface area (Å²) in [5, 5.41) is 0.981. The summed E-state index contributed by atoms with van der Waals surface area (Å²) in [6.07, 6.45) is 2.04. The molecule has 6 heteroatoms. The number of thioether (sulfide) groups is 1. The first-order valence-electron chi connectivity index (χ1n) is 7.22. The third-order valence-corrected chi connectivity index (χ3v) is 5.00. The molecular formula is C16H18N2O3S. The number of rotatable bonds is 4. The van der Waals surface area contributed by atoms with Gasteiger partial charge in [0, 0.05) is 29.7 Å². The van der Waals surface area contributed by atoms with Crippen molar-refractivity contribution in [2.75, 3.05) is 18.9 Å². The van der Waals surface area contributed by atoms with E-state index in [0.717, 1.165) is 16.5 Å². The number of amides is 1. The van der Waals surface area contributed by atoms with Crippen LogP contribution >= 0.6 is 11.8 Å². The largest absolute Gasteiger partial charge is 0.465 e. The molecule has 1 saturated heterocycles. The molecule has 1 aromatic heterocycles. The van der Waals surface area contributed by atoms with Gasteiger partial charge in [-0.15, -0.1) is 11.8 Å². The Bertz CT molecular complexity index is 725. The lowest BCUT2D eigenvalue weighted by Gasteiger charge is -2.22. The van der Waals surface area contributed by atoms with E-state index >= 15 is 0 Å². The normalized spacial score (nSPS) is 18.2. The van der Waals surface area contributed by atoms with Gasteiger partial charge in [0.15, 0.2) is 0 Å². The molecule has 0 radical (unpaired) electrons. The number of nitrogens with zero attached hydrogens (tertiary/aromatic N) is 2. The van der Waals surface area contributed by atoms with Crippen LogP contribution in [0.1, 0.15) is 17.9 Å². The number of esters is 1. The van der Waals surface area contributed by atoms with Crippen LogP contribution in [0, 0.1) is 0 Å². The van der Waals surface area contributed by atoms with Crippen molar-refractivity contribution in [1.82, 2.24) is 9.47 Å². The van der Waals surface area contributed by atoms with E-state index in [0.29, 0.717) is 12.4 Å². The van der Waals surface area contributed by atoms with Crippen LogP contribution in [-0.4, -0.2) is 40.2 Å². The molecule has 1 unspecified atom stereocenters. The number of hydrogen-bond acceptors (Lipinski definition) is 4. The standard InChI is InChI=1S/C16H18N2O3S/c1-3-21-15(20)9-18-14(19)10-22-16(18)12-8-17(2)13-7-5-4-6-11(12)13/h4-8,16H,3,9-10H2,1-2H3. The summed E-state index contributed by atoms with van der Waals surface area (Å²) in [7, 11) is 1.99. The maximum absolute atomic E-state index is 12.1. The fraction of sp³-hybridized carbons (Fsp3) is 0.375. The van der Waals surface area contributed by atoms with E-state index in [4.69, 9.17) is 4.74 Å². The molecule has 1 aliphatic rings. The molecule has 0 saturated carbocycles. The summed E-state index contributed by atoms with van der Waals surface area (Å²) in [6, 6.07) is 8.09. The van der Waals surface area contributed by atoms with Gasteiger partial charge in [-0.05, 0) is 13.0 Å². The Hall–Kier alpha value is -1.95. The van der Waals surface area contributed by atoms with Crippen LogP contribution in [0.2, 0.25) is 0 Å². The van der Waals surface area contributed by atoms with E-state index in [9.17, 15) is 9.59 Å². The molecule has 22 heavy (non-hydrogen) atoms. The average Bonchev–Trinajstić information content (AvgIpc) is 3.02. The summed E-state index contributed by atoms with van der Waals surface area (Å²) < 4.78 is 7.03. The van der Waals surface area contributed by atoms with E-state index in [2.05, 4.69) is 16.7 Å². The van der Waals surface area contributed by atoms with Crippen LogP contribution in [0.25, 0.3) is 10.9 Å². The summed E-state index contributed by atoms with van der Waals surface area (Å²) in [6.45, 7) is 2.10. The molecule has 0 spiro atoms. The highest BCUT2D eigenvalue weighted by molar-refractivity contribution is 8.00. The fourth-order valence-corrected chi connectivity index (χ4v) is 4.00. The minimum atomic E-state index is -0.358. The Labute approximate surface area is 133 Å². The number of carbonyl (C=O) groups is 2. The highest BCUT2D eigenvalue weighted by atomic mass is 32.2. The predicted molar refractivity (Wildman–Crippen MR) is 86.5 cm³/mol. The van der Waals surface area contributed by atoms with Gasteiger partial charge < -0.3 is 14.2 Å². The Balaban J connectivity index is 1.94. The minimum absolute atomic E-state index is 0.00750. The quantitative estimate of drug-likeness (QED) is 0.812. The van der Waals surface area contributed by atoms with Crippen LogP contribution in [-0.2, 0) is 21.4 Å². The Morgan fingerprint density at radius 1 is 1.41 bits per heavy atom. The smallest absolute Gasteiger partial charge is 0.325 e. The van der Waals surface area contributed by atoms with Crippen molar-refractivity contribution in [3.05, 3.63) is 36.0 Å². The van der Waals surface area contributed by atoms with Crippen molar-refractivity contribution in [2.24, 2.45) is 7.05 Å². The molecule has 2 aromatic rings. The predicted octanol–water partition coefficient (Wildman–Crippen LogP) is 2.32. The lowest BCUT2D eigenvalue weighted by molar-refractivity contribution is -0.148. The van der Waals surface area contributed by atoms with Gasteiger partial charge >= 0.3 is 5.97 Å². The third-order valence-electron chi connectivity index (χ3n) is 3.77. The molecule has 0 aliphatic carbocycles. The first kappa shape index (κ1) is 15.0. The molecular weight excluding hydrogens is 300 g/mol. The summed E-state index contributed by atoms with van der Waals surface area (Å²) in [5.74, 6) is 0.0207. The minimum Gasteiger partial charge on any atom is -0.465 e. The van der Waals surface area contributed by atoms with Crippen LogP contribution in [0.3, 0.4) is 0 Å². The molecule has 1 fully saturated rings. The van der Waals surface area contributed by atoms with Crippen molar-refractivity contribution in [3.63, 3.8) is 0 Å². The first-order chi connectivity index (χ1) is 10.6. The molecule has 0 N–H and O–H groups in total. The lowest BCUT2D eigenvalue weighted by Crippen LogP contribution is -2.34. The van der Waals surface area contributed by atoms with Crippen molar-refractivity contribution in [2.45, 2.75) is 12.3 Å². The van der Waals surface area contributed by atoms with Gasteiger partial charge in [0.05, 0.1) is 12.4 Å². The van der Waals surface area contributed by atoms with Gasteiger partial charge in [-0.1, -0.05) is 18.2 Å². The second-order valence-electron chi connectivity index (χ2n) is 5.20. The zero-order chi connectivity index (χ0) is 15.7. The summed E-state index contributed by atoms with van der Waals surface area (Å²) in [5.41, 5.74) is 2.19. The highest BCUT2D eigenvalue weighted by Gasteiger charge is 2.35. The molecule has 1 atom stereocenters. The average molecular weight is 318 g/mol. The van der Waals surface area contributed by atoms with Crippen molar-refractivity contribution in [1.29, 1.82) is 0 Å². The summed E-state index contributed by atoms with van der Waals surface area (Å²) in [4.78, 5) is 25.5. The van der Waals surface area contributed by atoms with E-state index in [1.54, 1.807) is 23.6 Å². The molecule has 1 aliphatic heterocycles. The highest BCUT2D eigenvalue weighted by Crippen LogP contribution is 2.41. The second kappa shape index (κ2) is 6.04. The lowest BCUT2D eigenvalue weighted by atomic mass is 10.1. The summed E-state index contributed by atoms with van der Waals surface area (Å²) >= 11 is 1.56.